The zero-order valence-electron chi connectivity index (χ0n) is 19.4. The van der Waals surface area contributed by atoms with Crippen LogP contribution >= 0.6 is 0 Å². The summed E-state index contributed by atoms with van der Waals surface area (Å²) in [6, 6.07) is 6.31. The molecule has 182 valence electrons. The Morgan fingerprint density at radius 2 is 2.11 bits per heavy atom. The van der Waals surface area contributed by atoms with Crippen molar-refractivity contribution in [2.24, 2.45) is 12.5 Å². The molecule has 3 heterocycles. The van der Waals surface area contributed by atoms with Crippen molar-refractivity contribution in [1.82, 2.24) is 45.2 Å². The van der Waals surface area contributed by atoms with Crippen LogP contribution < -0.4 is 10.1 Å². The van der Waals surface area contributed by atoms with Gasteiger partial charge in [-0.2, -0.15) is 9.48 Å². The topological polar surface area (TPSA) is 138 Å². The van der Waals surface area contributed by atoms with Crippen molar-refractivity contribution in [2.45, 2.75) is 12.8 Å². The Morgan fingerprint density at radius 1 is 1.22 bits per heavy atom. The van der Waals surface area contributed by atoms with Gasteiger partial charge in [0, 0.05) is 6.20 Å². The number of ether oxygens (including phenoxy) is 1. The smallest absolute Gasteiger partial charge is 0.270 e. The molecule has 12 nitrogen and oxygen atoms in total. The third-order valence-corrected chi connectivity index (χ3v) is 5.70. The molecular formula is C23H21FN10O2. The summed E-state index contributed by atoms with van der Waals surface area (Å²) in [5.74, 6) is -0.239. The van der Waals surface area contributed by atoms with Crippen LogP contribution in [0.2, 0.25) is 0 Å². The molecule has 1 unspecified atom stereocenters. The zero-order chi connectivity index (χ0) is 25.1. The lowest BCUT2D eigenvalue weighted by Gasteiger charge is -2.30. The first-order valence-electron chi connectivity index (χ1n) is 10.9. The summed E-state index contributed by atoms with van der Waals surface area (Å²) >= 11 is 0. The lowest BCUT2D eigenvalue weighted by atomic mass is 9.75. The summed E-state index contributed by atoms with van der Waals surface area (Å²) in [5, 5.41) is 22.5. The van der Waals surface area contributed by atoms with E-state index < -0.39 is 11.2 Å². The lowest BCUT2D eigenvalue weighted by molar-refractivity contribution is 0.0741. The number of rotatable bonds is 7. The molecule has 0 bridgehead atoms. The highest BCUT2D eigenvalue weighted by molar-refractivity contribution is 5.90. The average Bonchev–Trinajstić information content (AvgIpc) is 3.53. The number of aryl methyl sites for hydroxylation is 1. The van der Waals surface area contributed by atoms with E-state index in [9.17, 15) is 9.18 Å². The fourth-order valence-corrected chi connectivity index (χ4v) is 3.98. The van der Waals surface area contributed by atoms with Gasteiger partial charge in [-0.25, -0.2) is 14.4 Å². The number of carbonyl (C=O) groups excluding carboxylic acids is 1. The van der Waals surface area contributed by atoms with E-state index in [1.807, 2.05) is 18.2 Å². The second-order valence-corrected chi connectivity index (χ2v) is 8.12. The average molecular weight is 488 g/mol. The predicted molar refractivity (Wildman–Crippen MR) is 126 cm³/mol. The summed E-state index contributed by atoms with van der Waals surface area (Å²) in [7, 11) is 3.04. The molecule has 1 atom stereocenters. The highest BCUT2D eigenvalue weighted by atomic mass is 19.1. The Morgan fingerprint density at radius 3 is 2.83 bits per heavy atom. The van der Waals surface area contributed by atoms with Gasteiger partial charge in [-0.05, 0) is 41.8 Å². The molecule has 1 aliphatic rings. The third kappa shape index (κ3) is 4.45. The molecule has 5 rings (SSSR count). The number of benzene rings is 1. The van der Waals surface area contributed by atoms with Crippen molar-refractivity contribution in [3.05, 3.63) is 72.3 Å². The fourth-order valence-electron chi connectivity index (χ4n) is 3.98. The maximum atomic E-state index is 14.4. The van der Waals surface area contributed by atoms with E-state index in [0.717, 1.165) is 0 Å². The molecule has 3 aromatic heterocycles. The van der Waals surface area contributed by atoms with Crippen LogP contribution in [-0.4, -0.2) is 58.2 Å². The van der Waals surface area contributed by atoms with Crippen LogP contribution in [-0.2, 0) is 13.5 Å². The molecule has 0 saturated heterocycles. The van der Waals surface area contributed by atoms with Crippen molar-refractivity contribution in [3.63, 3.8) is 0 Å². The molecule has 1 aliphatic carbocycles. The van der Waals surface area contributed by atoms with Gasteiger partial charge in [0.2, 0.25) is 5.95 Å². The van der Waals surface area contributed by atoms with Gasteiger partial charge in [0.05, 0.1) is 31.5 Å². The van der Waals surface area contributed by atoms with E-state index in [1.54, 1.807) is 31.3 Å². The molecule has 0 spiro atoms. The van der Waals surface area contributed by atoms with Gasteiger partial charge in [0.25, 0.3) is 11.9 Å². The van der Waals surface area contributed by atoms with Gasteiger partial charge < -0.3 is 4.74 Å². The normalized spacial score (nSPS) is 16.8. The number of carbonyl (C=O) groups is 1. The Labute approximate surface area is 204 Å². The first-order chi connectivity index (χ1) is 17.5. The fraction of sp³-hybridized carbons (Fsp3) is 0.217. The SMILES string of the molecule is COc1ccc(CC2(C(=O)n3nncc3-c3ccnc(Nc4nnn(C)n4)n3)C=CC=CC2)cc1F. The summed E-state index contributed by atoms with van der Waals surface area (Å²) in [6.45, 7) is 0. The first kappa shape index (κ1) is 23.0. The second-order valence-electron chi connectivity index (χ2n) is 8.12. The lowest BCUT2D eigenvalue weighted by Crippen LogP contribution is -2.37. The van der Waals surface area contributed by atoms with Crippen molar-refractivity contribution in [2.75, 3.05) is 12.4 Å². The zero-order valence-corrected chi connectivity index (χ0v) is 19.4. The van der Waals surface area contributed by atoms with Gasteiger partial charge >= 0.3 is 0 Å². The van der Waals surface area contributed by atoms with Crippen LogP contribution in [0.3, 0.4) is 0 Å². The highest BCUT2D eigenvalue weighted by Crippen LogP contribution is 2.36. The van der Waals surface area contributed by atoms with Crippen molar-refractivity contribution in [1.29, 1.82) is 0 Å². The minimum absolute atomic E-state index is 0.140. The Bertz CT molecular complexity index is 1480. The number of hydrogen-bond acceptors (Lipinski definition) is 10. The van der Waals surface area contributed by atoms with Crippen LogP contribution in [0.5, 0.6) is 5.75 Å². The van der Waals surface area contributed by atoms with E-state index in [4.69, 9.17) is 4.74 Å². The number of nitrogens with zero attached hydrogens (tertiary/aromatic N) is 9. The minimum atomic E-state index is -1.00. The van der Waals surface area contributed by atoms with E-state index in [0.29, 0.717) is 23.4 Å². The van der Waals surface area contributed by atoms with Crippen molar-refractivity contribution in [3.8, 4) is 17.1 Å². The molecule has 4 aromatic rings. The number of halogens is 1. The molecule has 13 heteroatoms. The Balaban J connectivity index is 1.47. The number of methoxy groups -OCH3 is 1. The van der Waals surface area contributed by atoms with E-state index in [-0.39, 0.29) is 30.0 Å². The van der Waals surface area contributed by atoms with Gasteiger partial charge in [-0.3, -0.25) is 10.1 Å². The number of aromatic nitrogens is 9. The van der Waals surface area contributed by atoms with Crippen molar-refractivity contribution >= 4 is 17.8 Å². The molecular weight excluding hydrogens is 467 g/mol. The Kier molecular flexibility index (Phi) is 6.02. The summed E-state index contributed by atoms with van der Waals surface area (Å²) < 4.78 is 20.6. The summed E-state index contributed by atoms with van der Waals surface area (Å²) in [6.07, 6.45) is 11.0. The van der Waals surface area contributed by atoms with Crippen LogP contribution in [0.15, 0.2) is 61.0 Å². The number of nitrogens with one attached hydrogen (secondary N) is 1. The monoisotopic (exact) mass is 488 g/mol. The van der Waals surface area contributed by atoms with Crippen LogP contribution in [0, 0.1) is 11.2 Å². The van der Waals surface area contributed by atoms with Crippen LogP contribution in [0.1, 0.15) is 16.8 Å². The number of anilines is 2. The van der Waals surface area contributed by atoms with Gasteiger partial charge in [-0.1, -0.05) is 40.7 Å². The molecule has 0 radical (unpaired) electrons. The van der Waals surface area contributed by atoms with Crippen LogP contribution in [0.4, 0.5) is 16.3 Å². The molecule has 1 N–H and O–H groups in total. The summed E-state index contributed by atoms with van der Waals surface area (Å²) in [5.41, 5.74) is 0.431. The molecule has 0 amide bonds. The molecule has 36 heavy (non-hydrogen) atoms. The second kappa shape index (κ2) is 9.44. The van der Waals surface area contributed by atoms with Gasteiger partial charge in [0.1, 0.15) is 5.69 Å². The number of hydrogen-bond donors (Lipinski definition) is 1. The molecule has 0 aliphatic heterocycles. The third-order valence-electron chi connectivity index (χ3n) is 5.70. The molecule has 1 aromatic carbocycles. The quantitative estimate of drug-likeness (QED) is 0.413. The number of tetrazole rings is 1. The molecule has 0 saturated carbocycles. The van der Waals surface area contributed by atoms with Gasteiger partial charge in [0.15, 0.2) is 11.6 Å². The summed E-state index contributed by atoms with van der Waals surface area (Å²) in [4.78, 5) is 23.9. The molecule has 0 fully saturated rings. The van der Waals surface area contributed by atoms with Crippen molar-refractivity contribution < 1.29 is 13.9 Å². The highest BCUT2D eigenvalue weighted by Gasteiger charge is 2.39. The van der Waals surface area contributed by atoms with Gasteiger partial charge in [-0.15, -0.1) is 10.2 Å². The maximum absolute atomic E-state index is 14.4. The van der Waals surface area contributed by atoms with E-state index in [2.05, 4.69) is 41.0 Å². The minimum Gasteiger partial charge on any atom is -0.494 e. The van der Waals surface area contributed by atoms with Crippen LogP contribution in [0.25, 0.3) is 11.4 Å². The Hall–Kier alpha value is -4.81. The standard InChI is InChI=1S/C23H21FN10O2/c1-33-30-22(29-32-33)28-21-25-11-8-17(27-21)18-14-26-31-34(18)20(35)23(9-4-3-5-10-23)13-15-6-7-19(36-2)16(24)12-15/h3-9,11-12,14H,10,13H2,1-2H3,(H,25,27,28,30). The van der Waals surface area contributed by atoms with E-state index >= 15 is 0 Å². The first-order valence-corrected chi connectivity index (χ1v) is 10.9. The largest absolute Gasteiger partial charge is 0.494 e. The maximum Gasteiger partial charge on any atom is 0.270 e. The predicted octanol–water partition coefficient (Wildman–Crippen LogP) is 2.54. The van der Waals surface area contributed by atoms with E-state index in [1.165, 1.54) is 35.0 Å². The number of allylic oxidation sites excluding steroid dienone is 4.